The molecule has 3 N–H and O–H groups in total. The van der Waals surface area contributed by atoms with Crippen LogP contribution in [0.1, 0.15) is 79.3 Å². The molecule has 2 atom stereocenters. The standard InChI is InChI=1S/C27H43N3O7/c1-8-16-30(25(34)20(17-18(3)4)29-26(35)37-27(5,6)7)23(19-12-10-11-13-21(19)31)24(33)28-15-14-22(32)36-9-2/h10-13,18,20,23,31H,8-9,14-17H2,1-7H3,(H,28,33)(H,29,35). The maximum Gasteiger partial charge on any atom is 0.408 e. The molecule has 3 amide bonds. The van der Waals surface area contributed by atoms with E-state index in [9.17, 15) is 24.3 Å². The number of benzene rings is 1. The number of aromatic hydroxyl groups is 1. The number of esters is 1. The van der Waals surface area contributed by atoms with Gasteiger partial charge in [0.25, 0.3) is 0 Å². The molecule has 0 aliphatic heterocycles. The molecule has 0 heterocycles. The number of carbonyl (C=O) groups is 4. The third-order valence-electron chi connectivity index (χ3n) is 5.17. The van der Waals surface area contributed by atoms with Gasteiger partial charge < -0.3 is 30.1 Å². The summed E-state index contributed by atoms with van der Waals surface area (Å²) in [6.45, 7) is 13.0. The van der Waals surface area contributed by atoms with E-state index in [-0.39, 0.29) is 43.3 Å². The minimum atomic E-state index is -1.19. The van der Waals surface area contributed by atoms with E-state index in [4.69, 9.17) is 9.47 Å². The van der Waals surface area contributed by atoms with Gasteiger partial charge in [0.2, 0.25) is 11.8 Å². The second kappa shape index (κ2) is 15.1. The molecule has 37 heavy (non-hydrogen) atoms. The number of nitrogens with one attached hydrogen (secondary N) is 2. The van der Waals surface area contributed by atoms with Crippen molar-refractivity contribution >= 4 is 23.9 Å². The van der Waals surface area contributed by atoms with Crippen molar-refractivity contribution in [2.75, 3.05) is 19.7 Å². The van der Waals surface area contributed by atoms with Gasteiger partial charge in [0.1, 0.15) is 23.4 Å². The van der Waals surface area contributed by atoms with Gasteiger partial charge >= 0.3 is 12.1 Å². The van der Waals surface area contributed by atoms with Crippen LogP contribution in [-0.4, -0.2) is 65.2 Å². The van der Waals surface area contributed by atoms with Gasteiger partial charge in [-0.1, -0.05) is 39.0 Å². The van der Waals surface area contributed by atoms with Crippen LogP contribution in [0.3, 0.4) is 0 Å². The number of ether oxygens (including phenoxy) is 2. The van der Waals surface area contributed by atoms with Crippen LogP contribution in [0.15, 0.2) is 24.3 Å². The van der Waals surface area contributed by atoms with Gasteiger partial charge in [-0.2, -0.15) is 0 Å². The molecule has 1 rings (SSSR count). The number of amides is 3. The van der Waals surface area contributed by atoms with Crippen molar-refractivity contribution in [2.45, 2.75) is 85.4 Å². The molecule has 1 aromatic carbocycles. The number of rotatable bonds is 13. The summed E-state index contributed by atoms with van der Waals surface area (Å²) in [6.07, 6.45) is 0.0644. The quantitative estimate of drug-likeness (QED) is 0.337. The number of phenols is 1. The number of nitrogens with zero attached hydrogens (tertiary/aromatic N) is 1. The molecule has 10 nitrogen and oxygen atoms in total. The average Bonchev–Trinajstić information content (AvgIpc) is 2.77. The molecule has 0 aliphatic rings. The largest absolute Gasteiger partial charge is 0.508 e. The summed E-state index contributed by atoms with van der Waals surface area (Å²) in [5, 5.41) is 15.9. The van der Waals surface area contributed by atoms with Gasteiger partial charge in [-0.3, -0.25) is 14.4 Å². The number of carbonyl (C=O) groups excluding carboxylic acids is 4. The Balaban J connectivity index is 3.35. The normalized spacial score (nSPS) is 12.9. The molecule has 0 saturated carbocycles. The van der Waals surface area contributed by atoms with Crippen LogP contribution in [0.2, 0.25) is 0 Å². The highest BCUT2D eigenvalue weighted by molar-refractivity contribution is 5.92. The fourth-order valence-electron chi connectivity index (χ4n) is 3.74. The average molecular weight is 522 g/mol. The first-order valence-electron chi connectivity index (χ1n) is 12.8. The van der Waals surface area contributed by atoms with Crippen LogP contribution < -0.4 is 10.6 Å². The number of phenolic OH excluding ortho intramolecular Hbond substituents is 1. The molecule has 0 saturated heterocycles. The summed E-state index contributed by atoms with van der Waals surface area (Å²) >= 11 is 0. The van der Waals surface area contributed by atoms with E-state index in [1.165, 1.54) is 11.0 Å². The first-order valence-corrected chi connectivity index (χ1v) is 12.8. The zero-order chi connectivity index (χ0) is 28.2. The van der Waals surface area contributed by atoms with Gasteiger partial charge in [-0.05, 0) is 52.5 Å². The summed E-state index contributed by atoms with van der Waals surface area (Å²) in [4.78, 5) is 53.0. The van der Waals surface area contributed by atoms with Crippen molar-refractivity contribution in [3.05, 3.63) is 29.8 Å². The van der Waals surface area contributed by atoms with Crippen LogP contribution in [0.25, 0.3) is 0 Å². The highest BCUT2D eigenvalue weighted by Gasteiger charge is 2.37. The Morgan fingerprint density at radius 3 is 2.27 bits per heavy atom. The molecule has 0 bridgehead atoms. The third kappa shape index (κ3) is 11.1. The van der Waals surface area contributed by atoms with E-state index >= 15 is 0 Å². The van der Waals surface area contributed by atoms with Crippen molar-refractivity contribution in [2.24, 2.45) is 5.92 Å². The minimum Gasteiger partial charge on any atom is -0.508 e. The lowest BCUT2D eigenvalue weighted by Crippen LogP contribution is -2.53. The van der Waals surface area contributed by atoms with Gasteiger partial charge in [0.05, 0.1) is 13.0 Å². The predicted octanol–water partition coefficient (Wildman–Crippen LogP) is 3.68. The third-order valence-corrected chi connectivity index (χ3v) is 5.17. The number of para-hydroxylation sites is 1. The molecule has 0 fully saturated rings. The van der Waals surface area contributed by atoms with Gasteiger partial charge in [0, 0.05) is 18.7 Å². The molecule has 0 radical (unpaired) electrons. The highest BCUT2D eigenvalue weighted by Crippen LogP contribution is 2.30. The molecule has 10 heteroatoms. The lowest BCUT2D eigenvalue weighted by molar-refractivity contribution is -0.144. The Hall–Kier alpha value is -3.30. The molecule has 1 aromatic rings. The van der Waals surface area contributed by atoms with Crippen molar-refractivity contribution < 1.29 is 33.8 Å². The Kier molecular flexibility index (Phi) is 12.9. The second-order valence-electron chi connectivity index (χ2n) is 10.2. The van der Waals surface area contributed by atoms with Gasteiger partial charge in [-0.25, -0.2) is 4.79 Å². The number of hydrogen-bond acceptors (Lipinski definition) is 7. The Morgan fingerprint density at radius 1 is 1.08 bits per heavy atom. The zero-order valence-corrected chi connectivity index (χ0v) is 23.1. The first kappa shape index (κ1) is 31.7. The minimum absolute atomic E-state index is 0.00149. The second-order valence-corrected chi connectivity index (χ2v) is 10.2. The van der Waals surface area contributed by atoms with E-state index in [1.807, 2.05) is 20.8 Å². The fourth-order valence-corrected chi connectivity index (χ4v) is 3.74. The van der Waals surface area contributed by atoms with Crippen molar-refractivity contribution in [3.8, 4) is 5.75 Å². The van der Waals surface area contributed by atoms with Crippen LogP contribution in [0.4, 0.5) is 4.79 Å². The Bertz CT molecular complexity index is 912. The molecule has 0 spiro atoms. The summed E-state index contributed by atoms with van der Waals surface area (Å²) in [6, 6.07) is 4.14. The van der Waals surface area contributed by atoms with Crippen molar-refractivity contribution in [1.29, 1.82) is 0 Å². The van der Waals surface area contributed by atoms with Crippen molar-refractivity contribution in [3.63, 3.8) is 0 Å². The molecule has 0 aliphatic carbocycles. The smallest absolute Gasteiger partial charge is 0.408 e. The summed E-state index contributed by atoms with van der Waals surface area (Å²) in [5.41, 5.74) is -0.519. The molecular weight excluding hydrogens is 478 g/mol. The van der Waals surface area contributed by atoms with Crippen molar-refractivity contribution in [1.82, 2.24) is 15.5 Å². The lowest BCUT2D eigenvalue weighted by Gasteiger charge is -2.35. The fraction of sp³-hybridized carbons (Fsp3) is 0.630. The highest BCUT2D eigenvalue weighted by atomic mass is 16.6. The lowest BCUT2D eigenvalue weighted by atomic mass is 9.98. The van der Waals surface area contributed by atoms with E-state index < -0.39 is 41.6 Å². The maximum absolute atomic E-state index is 13.9. The van der Waals surface area contributed by atoms with E-state index in [0.717, 1.165) is 0 Å². The van der Waals surface area contributed by atoms with Crippen LogP contribution >= 0.6 is 0 Å². The SMILES string of the molecule is CCCN(C(=O)C(CC(C)C)NC(=O)OC(C)(C)C)C(C(=O)NCCC(=O)OCC)c1ccccc1O. The number of alkyl carbamates (subject to hydrolysis) is 1. The maximum atomic E-state index is 13.9. The Morgan fingerprint density at radius 2 is 1.73 bits per heavy atom. The first-order chi connectivity index (χ1) is 17.3. The summed E-state index contributed by atoms with van der Waals surface area (Å²) in [7, 11) is 0. The molecular formula is C27H43N3O7. The summed E-state index contributed by atoms with van der Waals surface area (Å²) in [5.74, 6) is -1.60. The molecule has 208 valence electrons. The van der Waals surface area contributed by atoms with Gasteiger partial charge in [0.15, 0.2) is 0 Å². The van der Waals surface area contributed by atoms with Crippen LogP contribution in [0, 0.1) is 5.92 Å². The Labute approximate surface area is 220 Å². The molecule has 0 aromatic heterocycles. The molecule has 2 unspecified atom stereocenters. The van der Waals surface area contributed by atoms with Gasteiger partial charge in [-0.15, -0.1) is 0 Å². The van der Waals surface area contributed by atoms with E-state index in [2.05, 4.69) is 10.6 Å². The monoisotopic (exact) mass is 521 g/mol. The zero-order valence-electron chi connectivity index (χ0n) is 23.1. The van der Waals surface area contributed by atoms with Crippen LogP contribution in [-0.2, 0) is 23.9 Å². The van der Waals surface area contributed by atoms with E-state index in [1.54, 1.807) is 45.9 Å². The van der Waals surface area contributed by atoms with E-state index in [0.29, 0.717) is 12.8 Å². The topological polar surface area (TPSA) is 134 Å². The predicted molar refractivity (Wildman–Crippen MR) is 140 cm³/mol. The van der Waals surface area contributed by atoms with Crippen LogP contribution in [0.5, 0.6) is 5.75 Å². The number of hydrogen-bond donors (Lipinski definition) is 3. The summed E-state index contributed by atoms with van der Waals surface area (Å²) < 4.78 is 10.3.